The van der Waals surface area contributed by atoms with Crippen LogP contribution in [0.3, 0.4) is 0 Å². The molecule has 0 fully saturated rings. The Morgan fingerprint density at radius 2 is 2.18 bits per heavy atom. The maximum absolute atomic E-state index is 11.3. The first-order valence-electron chi connectivity index (χ1n) is 6.11. The summed E-state index contributed by atoms with van der Waals surface area (Å²) in [5, 5.41) is 4.00. The highest BCUT2D eigenvalue weighted by Gasteiger charge is 2.18. The molecule has 0 bridgehead atoms. The Morgan fingerprint density at radius 1 is 1.47 bits per heavy atom. The third-order valence-electron chi connectivity index (χ3n) is 2.58. The van der Waals surface area contributed by atoms with Gasteiger partial charge in [-0.05, 0) is 12.3 Å². The Kier molecular flexibility index (Phi) is 5.19. The zero-order valence-corrected chi connectivity index (χ0v) is 11.1. The van der Waals surface area contributed by atoms with Gasteiger partial charge in [-0.15, -0.1) is 0 Å². The van der Waals surface area contributed by atoms with Crippen molar-refractivity contribution in [2.45, 2.75) is 46.5 Å². The Balaban J connectivity index is 2.89. The number of carbonyl (C=O) groups is 1. The van der Waals surface area contributed by atoms with E-state index < -0.39 is 0 Å². The van der Waals surface area contributed by atoms with Gasteiger partial charge in [0, 0.05) is 12.0 Å². The highest BCUT2D eigenvalue weighted by molar-refractivity contribution is 5.72. The Morgan fingerprint density at radius 3 is 2.71 bits per heavy atom. The van der Waals surface area contributed by atoms with E-state index >= 15 is 0 Å². The van der Waals surface area contributed by atoms with Crippen LogP contribution in [0.5, 0.6) is 0 Å². The normalized spacial score (nSPS) is 10.9. The minimum absolute atomic E-state index is 0.202. The Hall–Kier alpha value is -1.32. The predicted octanol–water partition coefficient (Wildman–Crippen LogP) is 2.54. The van der Waals surface area contributed by atoms with Crippen molar-refractivity contribution in [3.8, 4) is 0 Å². The number of carbonyl (C=O) groups excluding carboxylic acids is 1. The van der Waals surface area contributed by atoms with Gasteiger partial charge in [0.1, 0.15) is 5.76 Å². The molecule has 0 N–H and O–H groups in total. The molecule has 0 atom stereocenters. The van der Waals surface area contributed by atoms with Crippen LogP contribution in [0, 0.1) is 5.92 Å². The first kappa shape index (κ1) is 13.7. The molecule has 96 valence electrons. The minimum atomic E-state index is -0.272. The standard InChI is InChI=1S/C13H21NO3/c1-5-6-10-11(8-13(15)16-4)14-17-12(10)7-9(2)3/h9H,5-8H2,1-4H3. The summed E-state index contributed by atoms with van der Waals surface area (Å²) >= 11 is 0. The molecule has 0 saturated heterocycles. The molecule has 0 amide bonds. The van der Waals surface area contributed by atoms with E-state index in [2.05, 4.69) is 30.7 Å². The third-order valence-corrected chi connectivity index (χ3v) is 2.58. The summed E-state index contributed by atoms with van der Waals surface area (Å²) < 4.78 is 10.0. The van der Waals surface area contributed by atoms with Crippen LogP contribution in [0.15, 0.2) is 4.52 Å². The lowest BCUT2D eigenvalue weighted by Gasteiger charge is -2.04. The van der Waals surface area contributed by atoms with Gasteiger partial charge < -0.3 is 9.26 Å². The lowest BCUT2D eigenvalue weighted by molar-refractivity contribution is -0.139. The number of methoxy groups -OCH3 is 1. The number of hydrogen-bond donors (Lipinski definition) is 0. The van der Waals surface area contributed by atoms with E-state index in [1.54, 1.807) is 0 Å². The fourth-order valence-electron chi connectivity index (χ4n) is 1.79. The number of hydrogen-bond acceptors (Lipinski definition) is 4. The van der Waals surface area contributed by atoms with Crippen LogP contribution in [0.2, 0.25) is 0 Å². The molecule has 0 saturated carbocycles. The predicted molar refractivity (Wildman–Crippen MR) is 64.8 cm³/mol. The largest absolute Gasteiger partial charge is 0.469 e. The molecule has 0 radical (unpaired) electrons. The molecular weight excluding hydrogens is 218 g/mol. The summed E-state index contributed by atoms with van der Waals surface area (Å²) in [7, 11) is 1.39. The number of esters is 1. The summed E-state index contributed by atoms with van der Waals surface area (Å²) in [4.78, 5) is 11.3. The number of nitrogens with zero attached hydrogens (tertiary/aromatic N) is 1. The van der Waals surface area contributed by atoms with Crippen LogP contribution < -0.4 is 0 Å². The first-order valence-corrected chi connectivity index (χ1v) is 6.11. The maximum atomic E-state index is 11.3. The maximum Gasteiger partial charge on any atom is 0.311 e. The van der Waals surface area contributed by atoms with E-state index in [0.717, 1.165) is 36.3 Å². The molecule has 1 aromatic heterocycles. The first-order chi connectivity index (χ1) is 8.08. The molecule has 17 heavy (non-hydrogen) atoms. The van der Waals surface area contributed by atoms with E-state index in [0.29, 0.717) is 5.92 Å². The van der Waals surface area contributed by atoms with Crippen LogP contribution in [-0.2, 0) is 28.8 Å². The molecule has 1 rings (SSSR count). The van der Waals surface area contributed by atoms with Crippen LogP contribution in [0.25, 0.3) is 0 Å². The number of rotatable bonds is 6. The molecule has 0 aliphatic carbocycles. The van der Waals surface area contributed by atoms with E-state index in [9.17, 15) is 4.79 Å². The van der Waals surface area contributed by atoms with Gasteiger partial charge in [0.25, 0.3) is 0 Å². The van der Waals surface area contributed by atoms with E-state index in [-0.39, 0.29) is 12.4 Å². The lowest BCUT2D eigenvalue weighted by atomic mass is 10.0. The average Bonchev–Trinajstić information content (AvgIpc) is 2.62. The van der Waals surface area contributed by atoms with Gasteiger partial charge >= 0.3 is 5.97 Å². The van der Waals surface area contributed by atoms with Crippen molar-refractivity contribution in [1.82, 2.24) is 5.16 Å². The van der Waals surface area contributed by atoms with Crippen LogP contribution >= 0.6 is 0 Å². The summed E-state index contributed by atoms with van der Waals surface area (Å²) in [5.41, 5.74) is 1.82. The molecule has 0 unspecified atom stereocenters. The van der Waals surface area contributed by atoms with Crippen molar-refractivity contribution < 1.29 is 14.1 Å². The van der Waals surface area contributed by atoms with Crippen molar-refractivity contribution in [1.29, 1.82) is 0 Å². The van der Waals surface area contributed by atoms with Crippen molar-refractivity contribution in [3.63, 3.8) is 0 Å². The zero-order chi connectivity index (χ0) is 12.8. The molecule has 1 aromatic rings. The molecule has 4 nitrogen and oxygen atoms in total. The SMILES string of the molecule is CCCc1c(CC(=O)OC)noc1CC(C)C. The fourth-order valence-corrected chi connectivity index (χ4v) is 1.79. The zero-order valence-electron chi connectivity index (χ0n) is 11.1. The monoisotopic (exact) mass is 239 g/mol. The van der Waals surface area contributed by atoms with Crippen LogP contribution in [0.4, 0.5) is 0 Å². The molecule has 0 aliphatic rings. The van der Waals surface area contributed by atoms with Crippen LogP contribution in [-0.4, -0.2) is 18.2 Å². The van der Waals surface area contributed by atoms with E-state index in [1.165, 1.54) is 7.11 Å². The second-order valence-electron chi connectivity index (χ2n) is 4.63. The average molecular weight is 239 g/mol. The molecule has 0 spiro atoms. The quantitative estimate of drug-likeness (QED) is 0.716. The van der Waals surface area contributed by atoms with Gasteiger partial charge in [0.15, 0.2) is 0 Å². The molecule has 0 aromatic carbocycles. The Bertz CT molecular complexity index is 369. The minimum Gasteiger partial charge on any atom is -0.469 e. The van der Waals surface area contributed by atoms with Crippen molar-refractivity contribution in [2.24, 2.45) is 5.92 Å². The van der Waals surface area contributed by atoms with Gasteiger partial charge in [-0.3, -0.25) is 4.79 Å². The summed E-state index contributed by atoms with van der Waals surface area (Å²) in [6.07, 6.45) is 2.98. The van der Waals surface area contributed by atoms with E-state index in [1.807, 2.05) is 0 Å². The van der Waals surface area contributed by atoms with E-state index in [4.69, 9.17) is 4.52 Å². The van der Waals surface area contributed by atoms with Crippen LogP contribution in [0.1, 0.15) is 44.2 Å². The summed E-state index contributed by atoms with van der Waals surface area (Å²) in [6, 6.07) is 0. The molecule has 0 aliphatic heterocycles. The van der Waals surface area contributed by atoms with Crippen molar-refractivity contribution in [3.05, 3.63) is 17.0 Å². The van der Waals surface area contributed by atoms with Gasteiger partial charge in [0.2, 0.25) is 0 Å². The van der Waals surface area contributed by atoms with Gasteiger partial charge in [-0.25, -0.2) is 0 Å². The molecular formula is C13H21NO3. The van der Waals surface area contributed by atoms with Gasteiger partial charge in [-0.1, -0.05) is 32.3 Å². The smallest absolute Gasteiger partial charge is 0.311 e. The summed E-state index contributed by atoms with van der Waals surface area (Å²) in [6.45, 7) is 6.38. The van der Waals surface area contributed by atoms with Crippen molar-refractivity contribution >= 4 is 5.97 Å². The van der Waals surface area contributed by atoms with Crippen molar-refractivity contribution in [2.75, 3.05) is 7.11 Å². The number of ether oxygens (including phenoxy) is 1. The topological polar surface area (TPSA) is 52.3 Å². The summed E-state index contributed by atoms with van der Waals surface area (Å²) in [5.74, 6) is 1.16. The Labute approximate surface area is 102 Å². The molecule has 1 heterocycles. The highest BCUT2D eigenvalue weighted by Crippen LogP contribution is 2.20. The third kappa shape index (κ3) is 3.88. The van der Waals surface area contributed by atoms with Gasteiger partial charge in [0.05, 0.1) is 19.2 Å². The number of aromatic nitrogens is 1. The second-order valence-corrected chi connectivity index (χ2v) is 4.63. The lowest BCUT2D eigenvalue weighted by Crippen LogP contribution is -2.07. The van der Waals surface area contributed by atoms with Gasteiger partial charge in [-0.2, -0.15) is 0 Å². The highest BCUT2D eigenvalue weighted by atomic mass is 16.5. The fraction of sp³-hybridized carbons (Fsp3) is 0.692. The second kappa shape index (κ2) is 6.42. The molecule has 4 heteroatoms.